The van der Waals surface area contributed by atoms with Gasteiger partial charge in [0.2, 0.25) is 0 Å². The van der Waals surface area contributed by atoms with E-state index in [0.717, 1.165) is 42.4 Å². The molecular formula is C25H33F2N3O4S. The van der Waals surface area contributed by atoms with E-state index >= 15 is 0 Å². The van der Waals surface area contributed by atoms with Gasteiger partial charge in [-0.1, -0.05) is 13.8 Å². The maximum absolute atomic E-state index is 14.1. The third-order valence-electron chi connectivity index (χ3n) is 5.51. The molecule has 2 aromatic rings. The maximum Gasteiger partial charge on any atom is 0.323 e. The monoisotopic (exact) mass is 509 g/mol. The van der Waals surface area contributed by atoms with Crippen molar-refractivity contribution in [1.29, 1.82) is 0 Å². The van der Waals surface area contributed by atoms with Crippen molar-refractivity contribution in [1.82, 2.24) is 0 Å². The molecule has 0 aliphatic rings. The number of nitrogens with one attached hydrogen (secondary N) is 2. The van der Waals surface area contributed by atoms with Gasteiger partial charge in [-0.3, -0.25) is 4.79 Å². The molecular weight excluding hydrogens is 476 g/mol. The largest absolute Gasteiger partial charge is 0.480 e. The van der Waals surface area contributed by atoms with Crippen LogP contribution in [0.2, 0.25) is 0 Å². The second kappa shape index (κ2) is 12.7. The maximum atomic E-state index is 14.1. The average molecular weight is 510 g/mol. The molecule has 0 unspecified atom stereocenters. The number of carboxylic acid groups (broad SMARTS) is 1. The fourth-order valence-corrected chi connectivity index (χ4v) is 4.54. The number of methoxy groups -OCH3 is 1. The molecule has 0 saturated carbocycles. The van der Waals surface area contributed by atoms with Crippen LogP contribution in [0.1, 0.15) is 40.5 Å². The minimum Gasteiger partial charge on any atom is -0.480 e. The molecule has 0 aliphatic heterocycles. The molecule has 2 amide bonds. The van der Waals surface area contributed by atoms with E-state index in [1.807, 2.05) is 12.1 Å². The van der Waals surface area contributed by atoms with Crippen LogP contribution in [-0.2, 0) is 9.53 Å². The van der Waals surface area contributed by atoms with E-state index in [0.29, 0.717) is 29.8 Å². The van der Waals surface area contributed by atoms with Crippen molar-refractivity contribution >= 4 is 40.8 Å². The molecule has 35 heavy (non-hydrogen) atoms. The number of anilines is 3. The number of benzene rings is 2. The summed E-state index contributed by atoms with van der Waals surface area (Å²) in [6.07, 6.45) is 1.71. The Morgan fingerprint density at radius 2 is 1.74 bits per heavy atom. The molecule has 7 nitrogen and oxygen atoms in total. The number of amides is 2. The van der Waals surface area contributed by atoms with E-state index in [1.165, 1.54) is 0 Å². The zero-order chi connectivity index (χ0) is 26.2. The van der Waals surface area contributed by atoms with Crippen LogP contribution >= 0.6 is 11.8 Å². The van der Waals surface area contributed by atoms with Crippen LogP contribution in [0.3, 0.4) is 0 Å². The average Bonchev–Trinajstić information content (AvgIpc) is 2.79. The lowest BCUT2D eigenvalue weighted by atomic mass is 10.1. The van der Waals surface area contributed by atoms with Crippen molar-refractivity contribution in [2.24, 2.45) is 0 Å². The van der Waals surface area contributed by atoms with Gasteiger partial charge in [-0.15, -0.1) is 11.8 Å². The van der Waals surface area contributed by atoms with Crippen LogP contribution < -0.4 is 15.5 Å². The van der Waals surface area contributed by atoms with Gasteiger partial charge in [0.1, 0.15) is 16.4 Å². The zero-order valence-electron chi connectivity index (χ0n) is 20.7. The molecule has 0 aromatic heterocycles. The summed E-state index contributed by atoms with van der Waals surface area (Å²) in [5.74, 6) is -2.61. The van der Waals surface area contributed by atoms with Crippen LogP contribution in [0.15, 0.2) is 41.3 Å². The number of urea groups is 1. The first-order valence-electron chi connectivity index (χ1n) is 11.4. The minimum absolute atomic E-state index is 0.164. The Balaban J connectivity index is 2.46. The molecule has 0 aliphatic carbocycles. The van der Waals surface area contributed by atoms with Crippen LogP contribution in [0.4, 0.5) is 30.6 Å². The van der Waals surface area contributed by atoms with Crippen LogP contribution in [0.5, 0.6) is 0 Å². The summed E-state index contributed by atoms with van der Waals surface area (Å²) in [5, 5.41) is 14.7. The molecule has 2 aromatic carbocycles. The first-order chi connectivity index (χ1) is 16.5. The zero-order valence-corrected chi connectivity index (χ0v) is 21.5. The first-order valence-corrected chi connectivity index (χ1v) is 12.2. The molecule has 0 saturated heterocycles. The number of ether oxygens (including phenoxy) is 1. The fourth-order valence-electron chi connectivity index (χ4n) is 3.55. The number of carboxylic acids is 1. The summed E-state index contributed by atoms with van der Waals surface area (Å²) in [7, 11) is 1.61. The number of aliphatic carboxylic acids is 1. The normalized spacial score (nSPS) is 11.4. The summed E-state index contributed by atoms with van der Waals surface area (Å²) in [4.78, 5) is 27.2. The summed E-state index contributed by atoms with van der Waals surface area (Å²) < 4.78 is 31.5. The Kier molecular flexibility index (Phi) is 10.3. The van der Waals surface area contributed by atoms with E-state index in [9.17, 15) is 23.5 Å². The molecule has 0 fully saturated rings. The SMILES string of the molecule is CCC(CC)N(CCOC)c1ccc(SC(C)(C)C(=O)O)cc1NC(=O)Nc1ccc(F)cc1F. The highest BCUT2D eigenvalue weighted by Gasteiger charge is 2.29. The number of carbonyl (C=O) groups is 2. The van der Waals surface area contributed by atoms with E-state index in [1.54, 1.807) is 27.0 Å². The Hall–Kier alpha value is -2.85. The third kappa shape index (κ3) is 7.83. The molecule has 10 heteroatoms. The molecule has 0 radical (unpaired) electrons. The van der Waals surface area contributed by atoms with Gasteiger partial charge >= 0.3 is 12.0 Å². The van der Waals surface area contributed by atoms with Gasteiger partial charge in [-0.25, -0.2) is 13.6 Å². The lowest BCUT2D eigenvalue weighted by Crippen LogP contribution is -2.38. The van der Waals surface area contributed by atoms with Crippen molar-refractivity contribution in [3.05, 3.63) is 48.0 Å². The number of thioether (sulfide) groups is 1. The summed E-state index contributed by atoms with van der Waals surface area (Å²) in [6.45, 7) is 8.37. The Labute approximate surface area is 209 Å². The summed E-state index contributed by atoms with van der Waals surface area (Å²) in [6, 6.07) is 7.68. The van der Waals surface area contributed by atoms with E-state index in [2.05, 4.69) is 29.4 Å². The highest BCUT2D eigenvalue weighted by Crippen LogP contribution is 2.38. The number of carbonyl (C=O) groups excluding carboxylic acids is 1. The van der Waals surface area contributed by atoms with Gasteiger partial charge in [-0.2, -0.15) is 0 Å². The highest BCUT2D eigenvalue weighted by atomic mass is 32.2. The quantitative estimate of drug-likeness (QED) is 0.295. The number of rotatable bonds is 12. The predicted octanol–water partition coefficient (Wildman–Crippen LogP) is 6.21. The van der Waals surface area contributed by atoms with Crippen molar-refractivity contribution in [3.8, 4) is 0 Å². The van der Waals surface area contributed by atoms with Crippen LogP contribution in [0.25, 0.3) is 0 Å². The summed E-state index contributed by atoms with van der Waals surface area (Å²) >= 11 is 1.15. The van der Waals surface area contributed by atoms with Crippen molar-refractivity contribution in [3.63, 3.8) is 0 Å². The topological polar surface area (TPSA) is 90.9 Å². The molecule has 0 bridgehead atoms. The van der Waals surface area contributed by atoms with Gasteiger partial charge in [0.05, 0.1) is 23.7 Å². The van der Waals surface area contributed by atoms with Gasteiger partial charge < -0.3 is 25.4 Å². The van der Waals surface area contributed by atoms with Crippen molar-refractivity contribution in [2.75, 3.05) is 35.8 Å². The molecule has 0 heterocycles. The van der Waals surface area contributed by atoms with E-state index in [-0.39, 0.29) is 11.7 Å². The Morgan fingerprint density at radius 3 is 2.31 bits per heavy atom. The fraction of sp³-hybridized carbons (Fsp3) is 0.440. The second-order valence-electron chi connectivity index (χ2n) is 8.46. The Bertz CT molecular complexity index is 1030. The predicted molar refractivity (Wildman–Crippen MR) is 137 cm³/mol. The minimum atomic E-state index is -1.09. The van der Waals surface area contributed by atoms with Crippen molar-refractivity contribution in [2.45, 2.75) is 56.2 Å². The number of nitrogens with zero attached hydrogens (tertiary/aromatic N) is 1. The highest BCUT2D eigenvalue weighted by molar-refractivity contribution is 8.01. The van der Waals surface area contributed by atoms with Gasteiger partial charge in [0.25, 0.3) is 0 Å². The van der Waals surface area contributed by atoms with Gasteiger partial charge in [0, 0.05) is 30.7 Å². The molecule has 3 N–H and O–H groups in total. The van der Waals surface area contributed by atoms with Gasteiger partial charge in [-0.05, 0) is 57.0 Å². The van der Waals surface area contributed by atoms with E-state index < -0.39 is 28.4 Å². The second-order valence-corrected chi connectivity index (χ2v) is 10.2. The molecule has 192 valence electrons. The molecule has 0 atom stereocenters. The molecule has 2 rings (SSSR count). The first kappa shape index (κ1) is 28.4. The van der Waals surface area contributed by atoms with Crippen molar-refractivity contribution < 1.29 is 28.2 Å². The third-order valence-corrected chi connectivity index (χ3v) is 6.69. The van der Waals surface area contributed by atoms with Crippen LogP contribution in [-0.4, -0.2) is 48.2 Å². The van der Waals surface area contributed by atoms with Crippen LogP contribution in [0, 0.1) is 11.6 Å². The lowest BCUT2D eigenvalue weighted by molar-refractivity contribution is -0.138. The number of halogens is 2. The van der Waals surface area contributed by atoms with E-state index in [4.69, 9.17) is 4.74 Å². The molecule has 0 spiro atoms. The standard InChI is InChI=1S/C25H33F2N3O4S/c1-6-17(7-2)30(12-13-34-5)22-11-9-18(35-25(3,4)23(31)32)15-21(22)29-24(33)28-20-10-8-16(26)14-19(20)27/h8-11,14-15,17H,6-7,12-13H2,1-5H3,(H,31,32)(H2,28,29,33). The lowest BCUT2D eigenvalue weighted by Gasteiger charge is -2.34. The smallest absolute Gasteiger partial charge is 0.323 e. The number of hydrogen-bond acceptors (Lipinski definition) is 5. The number of hydrogen-bond donors (Lipinski definition) is 3. The summed E-state index contributed by atoms with van der Waals surface area (Å²) in [5.41, 5.74) is 0.987. The van der Waals surface area contributed by atoms with Gasteiger partial charge in [0.15, 0.2) is 0 Å². The Morgan fingerprint density at radius 1 is 1.09 bits per heavy atom.